The summed E-state index contributed by atoms with van der Waals surface area (Å²) in [6.07, 6.45) is 4.80. The minimum absolute atomic E-state index is 0.265. The Morgan fingerprint density at radius 1 is 1.50 bits per heavy atom. The summed E-state index contributed by atoms with van der Waals surface area (Å²) in [5, 5.41) is 3.60. The van der Waals surface area contributed by atoms with Crippen molar-refractivity contribution >= 4 is 5.91 Å². The quantitative estimate of drug-likeness (QED) is 0.803. The second-order valence-electron chi connectivity index (χ2n) is 5.29. The van der Waals surface area contributed by atoms with Crippen molar-refractivity contribution in [2.75, 3.05) is 13.2 Å². The summed E-state index contributed by atoms with van der Waals surface area (Å²) in [5.41, 5.74) is 7.78. The monoisotopic (exact) mass is 276 g/mol. The van der Waals surface area contributed by atoms with Gasteiger partial charge in [-0.05, 0) is 49.4 Å². The van der Waals surface area contributed by atoms with Gasteiger partial charge in [0.1, 0.15) is 5.75 Å². The first kappa shape index (κ1) is 14.9. The molecular weight excluding hydrogens is 252 g/mol. The van der Waals surface area contributed by atoms with E-state index in [0.29, 0.717) is 12.6 Å². The van der Waals surface area contributed by atoms with Gasteiger partial charge in [0.15, 0.2) is 0 Å². The molecule has 0 bridgehead atoms. The Hall–Kier alpha value is -1.55. The Labute approximate surface area is 120 Å². The molecule has 0 radical (unpaired) electrons. The van der Waals surface area contributed by atoms with Crippen LogP contribution >= 0.6 is 0 Å². The van der Waals surface area contributed by atoms with Gasteiger partial charge in [0.05, 0.1) is 13.0 Å². The van der Waals surface area contributed by atoms with Gasteiger partial charge in [0.25, 0.3) is 0 Å². The van der Waals surface area contributed by atoms with Crippen molar-refractivity contribution in [1.29, 1.82) is 0 Å². The van der Waals surface area contributed by atoms with Gasteiger partial charge in [-0.25, -0.2) is 0 Å². The standard InChI is InChI=1S/C16H24N2O2/c1-2-10-18-14-7-3-6-13-12(14)5-4-8-15(13)20-11-9-16(17)19/h4-5,8,14,18H,2-3,6-7,9-11H2,1H3,(H2,17,19). The third-order valence-corrected chi connectivity index (χ3v) is 3.71. The molecule has 2 rings (SSSR count). The fourth-order valence-corrected chi connectivity index (χ4v) is 2.74. The predicted molar refractivity (Wildman–Crippen MR) is 79.7 cm³/mol. The first-order valence-electron chi connectivity index (χ1n) is 7.48. The smallest absolute Gasteiger partial charge is 0.220 e. The number of carbonyl (C=O) groups excluding carboxylic acids is 1. The summed E-state index contributed by atoms with van der Waals surface area (Å²) in [4.78, 5) is 10.8. The molecule has 110 valence electrons. The second-order valence-corrected chi connectivity index (χ2v) is 5.29. The highest BCUT2D eigenvalue weighted by Crippen LogP contribution is 2.35. The summed E-state index contributed by atoms with van der Waals surface area (Å²) in [6, 6.07) is 6.63. The number of hydrogen-bond donors (Lipinski definition) is 2. The molecule has 1 unspecified atom stereocenters. The van der Waals surface area contributed by atoms with E-state index in [1.165, 1.54) is 24.0 Å². The molecule has 0 aliphatic heterocycles. The van der Waals surface area contributed by atoms with Gasteiger partial charge in [-0.2, -0.15) is 0 Å². The zero-order chi connectivity index (χ0) is 14.4. The highest BCUT2D eigenvalue weighted by atomic mass is 16.5. The lowest BCUT2D eigenvalue weighted by molar-refractivity contribution is -0.118. The Balaban J connectivity index is 2.09. The molecule has 1 aliphatic rings. The fraction of sp³-hybridized carbons (Fsp3) is 0.562. The summed E-state index contributed by atoms with van der Waals surface area (Å²) in [6.45, 7) is 3.58. The van der Waals surface area contributed by atoms with Gasteiger partial charge in [-0.15, -0.1) is 0 Å². The highest BCUT2D eigenvalue weighted by Gasteiger charge is 2.22. The molecule has 1 aromatic rings. The van der Waals surface area contributed by atoms with E-state index in [-0.39, 0.29) is 12.3 Å². The average Bonchev–Trinajstić information content (AvgIpc) is 2.45. The molecule has 0 heterocycles. The molecule has 0 saturated heterocycles. The Kier molecular flexibility index (Phi) is 5.41. The molecule has 1 atom stereocenters. The Morgan fingerprint density at radius 2 is 2.35 bits per heavy atom. The molecule has 4 heteroatoms. The Bertz CT molecular complexity index is 460. The summed E-state index contributed by atoms with van der Waals surface area (Å²) in [7, 11) is 0. The van der Waals surface area contributed by atoms with Crippen molar-refractivity contribution in [3.63, 3.8) is 0 Å². The van der Waals surface area contributed by atoms with Crippen LogP contribution in [0, 0.1) is 0 Å². The van der Waals surface area contributed by atoms with Crippen LogP contribution in [0.25, 0.3) is 0 Å². The van der Waals surface area contributed by atoms with Crippen molar-refractivity contribution in [2.45, 2.75) is 45.1 Å². The predicted octanol–water partition coefficient (Wildman–Crippen LogP) is 2.32. The molecule has 1 aromatic carbocycles. The third-order valence-electron chi connectivity index (χ3n) is 3.71. The van der Waals surface area contributed by atoms with Crippen LogP contribution in [0.2, 0.25) is 0 Å². The number of hydrogen-bond acceptors (Lipinski definition) is 3. The number of amides is 1. The number of fused-ring (bicyclic) bond motifs is 1. The van der Waals surface area contributed by atoms with E-state index in [1.54, 1.807) is 0 Å². The average molecular weight is 276 g/mol. The molecule has 0 saturated carbocycles. The zero-order valence-electron chi connectivity index (χ0n) is 12.2. The van der Waals surface area contributed by atoms with Gasteiger partial charge in [-0.1, -0.05) is 19.1 Å². The van der Waals surface area contributed by atoms with Crippen LogP contribution in [0.5, 0.6) is 5.75 Å². The van der Waals surface area contributed by atoms with Gasteiger partial charge in [-0.3, -0.25) is 4.79 Å². The van der Waals surface area contributed by atoms with Crippen molar-refractivity contribution in [2.24, 2.45) is 5.73 Å². The van der Waals surface area contributed by atoms with Crippen LogP contribution in [0.3, 0.4) is 0 Å². The van der Waals surface area contributed by atoms with Crippen LogP contribution < -0.4 is 15.8 Å². The summed E-state index contributed by atoms with van der Waals surface area (Å²) in [5.74, 6) is 0.587. The molecule has 20 heavy (non-hydrogen) atoms. The first-order valence-corrected chi connectivity index (χ1v) is 7.48. The van der Waals surface area contributed by atoms with E-state index in [9.17, 15) is 4.79 Å². The topological polar surface area (TPSA) is 64.3 Å². The molecule has 0 spiro atoms. The third kappa shape index (κ3) is 3.73. The van der Waals surface area contributed by atoms with Crippen LogP contribution in [0.4, 0.5) is 0 Å². The largest absolute Gasteiger partial charge is 0.493 e. The van der Waals surface area contributed by atoms with E-state index >= 15 is 0 Å². The number of nitrogens with one attached hydrogen (secondary N) is 1. The van der Waals surface area contributed by atoms with E-state index < -0.39 is 0 Å². The number of ether oxygens (including phenoxy) is 1. The van der Waals surface area contributed by atoms with Crippen LogP contribution in [-0.2, 0) is 11.2 Å². The normalized spacial score (nSPS) is 17.6. The van der Waals surface area contributed by atoms with Gasteiger partial charge < -0.3 is 15.8 Å². The van der Waals surface area contributed by atoms with Crippen molar-refractivity contribution in [3.05, 3.63) is 29.3 Å². The minimum Gasteiger partial charge on any atom is -0.493 e. The van der Waals surface area contributed by atoms with Crippen molar-refractivity contribution in [3.8, 4) is 5.75 Å². The van der Waals surface area contributed by atoms with E-state index in [0.717, 1.165) is 25.1 Å². The maximum atomic E-state index is 10.8. The maximum absolute atomic E-state index is 10.8. The van der Waals surface area contributed by atoms with Crippen LogP contribution in [0.15, 0.2) is 18.2 Å². The molecule has 1 aliphatic carbocycles. The van der Waals surface area contributed by atoms with E-state index in [1.807, 2.05) is 12.1 Å². The molecule has 3 N–H and O–H groups in total. The first-order chi connectivity index (χ1) is 9.72. The summed E-state index contributed by atoms with van der Waals surface area (Å²) < 4.78 is 5.74. The number of benzene rings is 1. The molecule has 1 amide bonds. The van der Waals surface area contributed by atoms with Crippen LogP contribution in [-0.4, -0.2) is 19.1 Å². The number of rotatable bonds is 7. The lowest BCUT2D eigenvalue weighted by Crippen LogP contribution is -2.26. The fourth-order valence-electron chi connectivity index (χ4n) is 2.74. The minimum atomic E-state index is -0.322. The van der Waals surface area contributed by atoms with E-state index in [2.05, 4.69) is 18.3 Å². The Morgan fingerprint density at radius 3 is 3.10 bits per heavy atom. The van der Waals surface area contributed by atoms with E-state index in [4.69, 9.17) is 10.5 Å². The second kappa shape index (κ2) is 7.29. The zero-order valence-corrected chi connectivity index (χ0v) is 12.2. The lowest BCUT2D eigenvalue weighted by Gasteiger charge is -2.28. The molecular formula is C16H24N2O2. The molecule has 0 aromatic heterocycles. The highest BCUT2D eigenvalue weighted by molar-refractivity contribution is 5.73. The van der Waals surface area contributed by atoms with Crippen molar-refractivity contribution in [1.82, 2.24) is 5.32 Å². The number of carbonyl (C=O) groups is 1. The number of primary amides is 1. The lowest BCUT2D eigenvalue weighted by atomic mass is 9.87. The van der Waals surface area contributed by atoms with Crippen molar-refractivity contribution < 1.29 is 9.53 Å². The molecule has 0 fully saturated rings. The molecule has 4 nitrogen and oxygen atoms in total. The summed E-state index contributed by atoms with van der Waals surface area (Å²) >= 11 is 0. The maximum Gasteiger partial charge on any atom is 0.220 e. The number of nitrogens with two attached hydrogens (primary N) is 1. The van der Waals surface area contributed by atoms with Gasteiger partial charge in [0.2, 0.25) is 5.91 Å². The van der Waals surface area contributed by atoms with Gasteiger partial charge >= 0.3 is 0 Å². The van der Waals surface area contributed by atoms with Gasteiger partial charge in [0, 0.05) is 6.04 Å². The van der Waals surface area contributed by atoms with Crippen LogP contribution in [0.1, 0.15) is 49.8 Å². The SMILES string of the molecule is CCCNC1CCCc2c(OCCC(N)=O)cccc21.